The summed E-state index contributed by atoms with van der Waals surface area (Å²) in [6, 6.07) is 16.3. The van der Waals surface area contributed by atoms with Crippen molar-refractivity contribution < 1.29 is 14.3 Å². The Bertz CT molecular complexity index is 799. The van der Waals surface area contributed by atoms with Crippen molar-refractivity contribution in [1.29, 1.82) is 0 Å². The van der Waals surface area contributed by atoms with Gasteiger partial charge in [0.1, 0.15) is 5.75 Å². The molecule has 1 heterocycles. The predicted molar refractivity (Wildman–Crippen MR) is 129 cm³/mol. The number of ether oxygens (including phenoxy) is 2. The van der Waals surface area contributed by atoms with Gasteiger partial charge in [-0.25, -0.2) is 0 Å². The fourth-order valence-corrected chi connectivity index (χ4v) is 4.02. The van der Waals surface area contributed by atoms with Crippen LogP contribution in [0.3, 0.4) is 0 Å². The van der Waals surface area contributed by atoms with Crippen molar-refractivity contribution >= 4 is 5.91 Å². The van der Waals surface area contributed by atoms with E-state index in [2.05, 4.69) is 36.1 Å². The number of aryl methyl sites for hydroxylation is 1. The van der Waals surface area contributed by atoms with E-state index in [4.69, 9.17) is 9.47 Å². The molecule has 0 saturated carbocycles. The van der Waals surface area contributed by atoms with Gasteiger partial charge >= 0.3 is 0 Å². The van der Waals surface area contributed by atoms with Crippen LogP contribution >= 0.6 is 0 Å². The Morgan fingerprint density at radius 1 is 0.969 bits per heavy atom. The largest absolute Gasteiger partial charge is 0.494 e. The normalized spacial score (nSPS) is 14.3. The second kappa shape index (κ2) is 13.2. The van der Waals surface area contributed by atoms with Crippen molar-refractivity contribution in [1.82, 2.24) is 9.80 Å². The van der Waals surface area contributed by atoms with Crippen LogP contribution in [0.15, 0.2) is 48.5 Å². The molecule has 2 aromatic rings. The molecule has 0 aromatic heterocycles. The molecule has 0 radical (unpaired) electrons. The molecule has 0 atom stereocenters. The van der Waals surface area contributed by atoms with Gasteiger partial charge in [-0.2, -0.15) is 0 Å². The minimum absolute atomic E-state index is 0.0999. The first-order chi connectivity index (χ1) is 15.7. The van der Waals surface area contributed by atoms with Crippen LogP contribution < -0.4 is 4.74 Å². The van der Waals surface area contributed by atoms with Crippen LogP contribution in [0, 0.1) is 0 Å². The molecule has 1 amide bonds. The molecule has 0 bridgehead atoms. The third-order valence-electron chi connectivity index (χ3n) is 5.92. The molecule has 1 fully saturated rings. The van der Waals surface area contributed by atoms with Gasteiger partial charge < -0.3 is 14.4 Å². The second-order valence-electron chi connectivity index (χ2n) is 8.41. The minimum Gasteiger partial charge on any atom is -0.494 e. The molecule has 1 aliphatic heterocycles. The summed E-state index contributed by atoms with van der Waals surface area (Å²) < 4.78 is 11.0. The van der Waals surface area contributed by atoms with Crippen LogP contribution in [0.5, 0.6) is 5.75 Å². The van der Waals surface area contributed by atoms with E-state index in [1.807, 2.05) is 36.1 Å². The Kier molecular flexibility index (Phi) is 10.0. The monoisotopic (exact) mass is 438 g/mol. The van der Waals surface area contributed by atoms with Crippen molar-refractivity contribution in [2.45, 2.75) is 46.1 Å². The van der Waals surface area contributed by atoms with Crippen LogP contribution in [-0.2, 0) is 17.7 Å². The quantitative estimate of drug-likeness (QED) is 0.478. The van der Waals surface area contributed by atoms with Crippen molar-refractivity contribution in [2.24, 2.45) is 0 Å². The molecule has 0 aliphatic carbocycles. The Morgan fingerprint density at radius 3 is 2.31 bits per heavy atom. The minimum atomic E-state index is 0.0999. The summed E-state index contributed by atoms with van der Waals surface area (Å²) in [5.74, 6) is 0.965. The van der Waals surface area contributed by atoms with Gasteiger partial charge in [-0.15, -0.1) is 0 Å². The number of carbonyl (C=O) groups is 1. The Balaban J connectivity index is 1.65. The summed E-state index contributed by atoms with van der Waals surface area (Å²) in [5.41, 5.74) is 3.18. The molecule has 32 heavy (non-hydrogen) atoms. The Labute approximate surface area is 193 Å². The highest BCUT2D eigenvalue weighted by atomic mass is 16.5. The summed E-state index contributed by atoms with van der Waals surface area (Å²) >= 11 is 0. The number of nitrogens with zero attached hydrogens (tertiary/aromatic N) is 2. The molecule has 1 aliphatic rings. The highest BCUT2D eigenvalue weighted by Crippen LogP contribution is 2.17. The van der Waals surface area contributed by atoms with Gasteiger partial charge in [-0.1, -0.05) is 37.6 Å². The SMILES string of the molecule is CCCCc1ccc(C(=O)N(CCCN2CCOCC2)Cc2ccc(OCC)cc2)cc1. The maximum Gasteiger partial charge on any atom is 0.254 e. The number of rotatable bonds is 12. The first kappa shape index (κ1) is 24.3. The molecule has 5 heteroatoms. The summed E-state index contributed by atoms with van der Waals surface area (Å²) in [6.07, 6.45) is 4.39. The first-order valence-corrected chi connectivity index (χ1v) is 12.1. The molecule has 3 rings (SSSR count). The first-order valence-electron chi connectivity index (χ1n) is 12.1. The summed E-state index contributed by atoms with van der Waals surface area (Å²) in [4.78, 5) is 17.8. The smallest absolute Gasteiger partial charge is 0.254 e. The Hall–Kier alpha value is -2.37. The number of amides is 1. The summed E-state index contributed by atoms with van der Waals surface area (Å²) in [5, 5.41) is 0. The van der Waals surface area contributed by atoms with E-state index in [1.54, 1.807) is 0 Å². The number of carbonyl (C=O) groups excluding carboxylic acids is 1. The highest BCUT2D eigenvalue weighted by molar-refractivity contribution is 5.94. The van der Waals surface area contributed by atoms with Gasteiger partial charge in [0.25, 0.3) is 5.91 Å². The van der Waals surface area contributed by atoms with E-state index in [1.165, 1.54) is 18.4 Å². The van der Waals surface area contributed by atoms with E-state index in [-0.39, 0.29) is 5.91 Å². The van der Waals surface area contributed by atoms with Gasteiger partial charge in [-0.05, 0) is 61.6 Å². The fraction of sp³-hybridized carbons (Fsp3) is 0.519. The van der Waals surface area contributed by atoms with E-state index in [0.717, 1.165) is 69.1 Å². The van der Waals surface area contributed by atoms with Crippen molar-refractivity contribution in [3.8, 4) is 5.75 Å². The zero-order valence-electron chi connectivity index (χ0n) is 19.7. The second-order valence-corrected chi connectivity index (χ2v) is 8.41. The zero-order chi connectivity index (χ0) is 22.6. The lowest BCUT2D eigenvalue weighted by molar-refractivity contribution is 0.0355. The number of hydrogen-bond donors (Lipinski definition) is 0. The summed E-state index contributed by atoms with van der Waals surface area (Å²) in [6.45, 7) is 10.7. The lowest BCUT2D eigenvalue weighted by Crippen LogP contribution is -2.39. The molecule has 0 spiro atoms. The summed E-state index contributed by atoms with van der Waals surface area (Å²) in [7, 11) is 0. The topological polar surface area (TPSA) is 42.0 Å². The van der Waals surface area contributed by atoms with Gasteiger partial charge in [0.2, 0.25) is 0 Å². The molecular formula is C27H38N2O3. The van der Waals surface area contributed by atoms with E-state index >= 15 is 0 Å². The van der Waals surface area contributed by atoms with Crippen LogP contribution in [-0.4, -0.2) is 61.7 Å². The van der Waals surface area contributed by atoms with Gasteiger partial charge in [0.15, 0.2) is 0 Å². The number of benzene rings is 2. The zero-order valence-corrected chi connectivity index (χ0v) is 19.7. The van der Waals surface area contributed by atoms with Crippen molar-refractivity contribution in [3.63, 3.8) is 0 Å². The van der Waals surface area contributed by atoms with E-state index < -0.39 is 0 Å². The van der Waals surface area contributed by atoms with Gasteiger partial charge in [-0.3, -0.25) is 9.69 Å². The highest BCUT2D eigenvalue weighted by Gasteiger charge is 2.17. The third kappa shape index (κ3) is 7.64. The Morgan fingerprint density at radius 2 is 1.66 bits per heavy atom. The van der Waals surface area contributed by atoms with Crippen molar-refractivity contribution in [2.75, 3.05) is 46.0 Å². The third-order valence-corrected chi connectivity index (χ3v) is 5.92. The number of hydrogen-bond acceptors (Lipinski definition) is 4. The van der Waals surface area contributed by atoms with Gasteiger partial charge in [0.05, 0.1) is 19.8 Å². The maximum absolute atomic E-state index is 13.4. The standard InChI is InChI=1S/C27H38N2O3/c1-3-5-7-23-8-12-25(13-9-23)27(30)29(17-6-16-28-18-20-31-21-19-28)22-24-10-14-26(15-11-24)32-4-2/h8-15H,3-7,16-22H2,1-2H3. The average molecular weight is 439 g/mol. The number of unbranched alkanes of at least 4 members (excludes halogenated alkanes) is 1. The van der Waals surface area contributed by atoms with Crippen LogP contribution in [0.2, 0.25) is 0 Å². The lowest BCUT2D eigenvalue weighted by atomic mass is 10.1. The van der Waals surface area contributed by atoms with Crippen LogP contribution in [0.4, 0.5) is 0 Å². The van der Waals surface area contributed by atoms with E-state index in [0.29, 0.717) is 13.2 Å². The predicted octanol–water partition coefficient (Wildman–Crippen LogP) is 4.79. The molecular weight excluding hydrogens is 400 g/mol. The van der Waals surface area contributed by atoms with E-state index in [9.17, 15) is 4.79 Å². The molecule has 0 unspecified atom stereocenters. The lowest BCUT2D eigenvalue weighted by Gasteiger charge is -2.28. The molecule has 1 saturated heterocycles. The van der Waals surface area contributed by atoms with Crippen LogP contribution in [0.1, 0.15) is 54.6 Å². The molecule has 0 N–H and O–H groups in total. The fourth-order valence-electron chi connectivity index (χ4n) is 4.02. The number of morpholine rings is 1. The maximum atomic E-state index is 13.4. The molecule has 174 valence electrons. The van der Waals surface area contributed by atoms with Gasteiger partial charge in [0, 0.05) is 38.3 Å². The average Bonchev–Trinajstić information content (AvgIpc) is 2.84. The van der Waals surface area contributed by atoms with Crippen molar-refractivity contribution in [3.05, 3.63) is 65.2 Å². The van der Waals surface area contributed by atoms with Crippen LogP contribution in [0.25, 0.3) is 0 Å². The molecule has 5 nitrogen and oxygen atoms in total. The molecule has 2 aromatic carbocycles.